The molecule has 3 rings (SSSR count). The van der Waals surface area contributed by atoms with E-state index in [0.29, 0.717) is 11.1 Å². The quantitative estimate of drug-likeness (QED) is 0.836. The maximum Gasteiger partial charge on any atom is 0.145 e. The first kappa shape index (κ1) is 9.59. The number of aromatic nitrogens is 2. The molecular formula is C12H14N4. The Balaban J connectivity index is 1.82. The van der Waals surface area contributed by atoms with Crippen LogP contribution in [-0.4, -0.2) is 15.5 Å². The molecule has 4 heteroatoms. The topological polar surface area (TPSA) is 61.6 Å². The summed E-state index contributed by atoms with van der Waals surface area (Å²) >= 11 is 0. The molecule has 16 heavy (non-hydrogen) atoms. The highest BCUT2D eigenvalue weighted by atomic mass is 15.1. The average Bonchev–Trinajstić information content (AvgIpc) is 3.18. The lowest BCUT2D eigenvalue weighted by molar-refractivity contribution is 0.446. The van der Waals surface area contributed by atoms with Crippen molar-refractivity contribution in [1.82, 2.24) is 9.97 Å². The SMILES string of the molecule is CC1(C2(Nc3cc(C#N)ncn3)CC2)CC1. The van der Waals surface area contributed by atoms with Crippen molar-refractivity contribution in [3.8, 4) is 6.07 Å². The fourth-order valence-electron chi connectivity index (χ4n) is 2.40. The molecule has 2 fully saturated rings. The van der Waals surface area contributed by atoms with Gasteiger partial charge in [0.1, 0.15) is 23.9 Å². The van der Waals surface area contributed by atoms with Crippen molar-refractivity contribution in [2.45, 2.75) is 38.1 Å². The number of rotatable bonds is 3. The van der Waals surface area contributed by atoms with Crippen LogP contribution in [0.15, 0.2) is 12.4 Å². The van der Waals surface area contributed by atoms with Crippen LogP contribution in [0.3, 0.4) is 0 Å². The zero-order valence-electron chi connectivity index (χ0n) is 9.32. The molecule has 0 spiro atoms. The van der Waals surface area contributed by atoms with E-state index in [1.807, 2.05) is 6.07 Å². The molecule has 2 aliphatic carbocycles. The van der Waals surface area contributed by atoms with Gasteiger partial charge >= 0.3 is 0 Å². The van der Waals surface area contributed by atoms with Crippen LogP contribution in [0.1, 0.15) is 38.3 Å². The Morgan fingerprint density at radius 3 is 2.62 bits per heavy atom. The van der Waals surface area contributed by atoms with Crippen LogP contribution in [0.5, 0.6) is 0 Å². The number of hydrogen-bond donors (Lipinski definition) is 1. The van der Waals surface area contributed by atoms with E-state index in [-0.39, 0.29) is 5.54 Å². The summed E-state index contributed by atoms with van der Waals surface area (Å²) in [5.74, 6) is 0.789. The highest BCUT2D eigenvalue weighted by Gasteiger charge is 2.62. The summed E-state index contributed by atoms with van der Waals surface area (Å²) in [5.41, 5.74) is 1.12. The van der Waals surface area contributed by atoms with Crippen molar-refractivity contribution in [1.29, 1.82) is 5.26 Å². The Labute approximate surface area is 94.7 Å². The Morgan fingerprint density at radius 2 is 2.06 bits per heavy atom. The second-order valence-corrected chi connectivity index (χ2v) is 5.17. The molecule has 0 atom stereocenters. The van der Waals surface area contributed by atoms with Gasteiger partial charge in [0, 0.05) is 11.6 Å². The molecule has 1 aromatic heterocycles. The Hall–Kier alpha value is -1.63. The third-order valence-electron chi connectivity index (χ3n) is 4.05. The summed E-state index contributed by atoms with van der Waals surface area (Å²) in [5, 5.41) is 12.3. The van der Waals surface area contributed by atoms with Crippen LogP contribution in [0.25, 0.3) is 0 Å². The summed E-state index contributed by atoms with van der Waals surface area (Å²) in [4.78, 5) is 8.05. The van der Waals surface area contributed by atoms with Gasteiger partial charge in [0.15, 0.2) is 0 Å². The predicted octanol–water partition coefficient (Wildman–Crippen LogP) is 2.09. The van der Waals surface area contributed by atoms with Gasteiger partial charge in [-0.25, -0.2) is 9.97 Å². The fourth-order valence-corrected chi connectivity index (χ4v) is 2.40. The van der Waals surface area contributed by atoms with Crippen LogP contribution >= 0.6 is 0 Å². The highest BCUT2D eigenvalue weighted by molar-refractivity contribution is 5.45. The maximum absolute atomic E-state index is 8.78. The highest BCUT2D eigenvalue weighted by Crippen LogP contribution is 2.64. The number of nitrogens with zero attached hydrogens (tertiary/aromatic N) is 3. The third kappa shape index (κ3) is 1.35. The normalized spacial score (nSPS) is 23.2. The lowest BCUT2D eigenvalue weighted by Gasteiger charge is -2.24. The van der Waals surface area contributed by atoms with Crippen molar-refractivity contribution in [3.05, 3.63) is 18.1 Å². The molecule has 1 heterocycles. The number of nitrogens with one attached hydrogen (secondary N) is 1. The molecule has 0 amide bonds. The van der Waals surface area contributed by atoms with Crippen molar-refractivity contribution in [3.63, 3.8) is 0 Å². The molecule has 2 saturated carbocycles. The molecule has 1 aromatic rings. The van der Waals surface area contributed by atoms with E-state index in [1.165, 1.54) is 32.0 Å². The molecule has 0 saturated heterocycles. The third-order valence-corrected chi connectivity index (χ3v) is 4.05. The number of nitriles is 1. The summed E-state index contributed by atoms with van der Waals surface area (Å²) in [6.07, 6.45) is 6.49. The molecule has 4 nitrogen and oxygen atoms in total. The average molecular weight is 214 g/mol. The molecule has 0 unspecified atom stereocenters. The molecule has 0 aliphatic heterocycles. The van der Waals surface area contributed by atoms with Crippen molar-refractivity contribution >= 4 is 5.82 Å². The van der Waals surface area contributed by atoms with Gasteiger partial charge in [-0.1, -0.05) is 6.92 Å². The van der Waals surface area contributed by atoms with E-state index < -0.39 is 0 Å². The van der Waals surface area contributed by atoms with Crippen LogP contribution < -0.4 is 5.32 Å². The summed E-state index contributed by atoms with van der Waals surface area (Å²) < 4.78 is 0. The van der Waals surface area contributed by atoms with Crippen molar-refractivity contribution in [2.24, 2.45) is 5.41 Å². The van der Waals surface area contributed by atoms with E-state index in [9.17, 15) is 0 Å². The van der Waals surface area contributed by atoms with Gasteiger partial charge in [-0.3, -0.25) is 0 Å². The minimum Gasteiger partial charge on any atom is -0.364 e. The summed E-state index contributed by atoms with van der Waals surface area (Å²) in [6.45, 7) is 2.33. The van der Waals surface area contributed by atoms with E-state index in [1.54, 1.807) is 6.07 Å². The second kappa shape index (κ2) is 2.94. The van der Waals surface area contributed by atoms with Crippen LogP contribution in [0.4, 0.5) is 5.82 Å². The monoisotopic (exact) mass is 214 g/mol. The Morgan fingerprint density at radius 1 is 1.31 bits per heavy atom. The van der Waals surface area contributed by atoms with Gasteiger partial charge in [-0.05, 0) is 31.1 Å². The molecule has 1 N–H and O–H groups in total. The first-order valence-corrected chi connectivity index (χ1v) is 5.68. The Bertz CT molecular complexity index is 466. The van der Waals surface area contributed by atoms with Gasteiger partial charge in [0.25, 0.3) is 0 Å². The van der Waals surface area contributed by atoms with Gasteiger partial charge in [-0.15, -0.1) is 0 Å². The van der Waals surface area contributed by atoms with Gasteiger partial charge in [0.2, 0.25) is 0 Å². The van der Waals surface area contributed by atoms with Gasteiger partial charge in [-0.2, -0.15) is 5.26 Å². The van der Waals surface area contributed by atoms with Crippen molar-refractivity contribution in [2.75, 3.05) is 5.32 Å². The lowest BCUT2D eigenvalue weighted by Crippen LogP contribution is -2.31. The summed E-state index contributed by atoms with van der Waals surface area (Å²) in [6, 6.07) is 3.76. The van der Waals surface area contributed by atoms with Gasteiger partial charge in [0.05, 0.1) is 0 Å². The first-order chi connectivity index (χ1) is 7.67. The molecule has 0 radical (unpaired) electrons. The van der Waals surface area contributed by atoms with Crippen molar-refractivity contribution < 1.29 is 0 Å². The van der Waals surface area contributed by atoms with Crippen LogP contribution in [-0.2, 0) is 0 Å². The lowest BCUT2D eigenvalue weighted by atomic mass is 9.96. The second-order valence-electron chi connectivity index (χ2n) is 5.17. The molecule has 0 aromatic carbocycles. The smallest absolute Gasteiger partial charge is 0.145 e. The molecule has 0 bridgehead atoms. The van der Waals surface area contributed by atoms with E-state index in [2.05, 4.69) is 22.2 Å². The van der Waals surface area contributed by atoms with Crippen LogP contribution in [0.2, 0.25) is 0 Å². The zero-order chi connectivity index (χ0) is 11.2. The zero-order valence-corrected chi connectivity index (χ0v) is 9.32. The standard InChI is InChI=1S/C12H14N4/c1-11(2-3-11)12(4-5-12)16-10-6-9(7-13)14-8-15-10/h6,8H,2-5H2,1H3,(H,14,15,16). The van der Waals surface area contributed by atoms with Gasteiger partial charge < -0.3 is 5.32 Å². The first-order valence-electron chi connectivity index (χ1n) is 5.68. The molecule has 2 aliphatic rings. The molecular weight excluding hydrogens is 200 g/mol. The minimum atomic E-state index is 0.244. The Kier molecular flexibility index (Phi) is 1.76. The van der Waals surface area contributed by atoms with E-state index in [0.717, 1.165) is 5.82 Å². The number of hydrogen-bond acceptors (Lipinski definition) is 4. The fraction of sp³-hybridized carbons (Fsp3) is 0.583. The predicted molar refractivity (Wildman–Crippen MR) is 59.7 cm³/mol. The minimum absolute atomic E-state index is 0.244. The molecule has 82 valence electrons. The summed E-state index contributed by atoms with van der Waals surface area (Å²) in [7, 11) is 0. The maximum atomic E-state index is 8.78. The largest absolute Gasteiger partial charge is 0.364 e. The van der Waals surface area contributed by atoms with E-state index >= 15 is 0 Å². The van der Waals surface area contributed by atoms with E-state index in [4.69, 9.17) is 5.26 Å². The number of anilines is 1. The van der Waals surface area contributed by atoms with Crippen LogP contribution in [0, 0.1) is 16.7 Å².